The van der Waals surface area contributed by atoms with Gasteiger partial charge in [-0.1, -0.05) is 22.9 Å². The highest BCUT2D eigenvalue weighted by Gasteiger charge is 2.27. The minimum absolute atomic E-state index is 0.0288. The fourth-order valence-electron chi connectivity index (χ4n) is 5.45. The number of benzene rings is 2. The number of hydrogen-bond donors (Lipinski definition) is 2. The highest BCUT2D eigenvalue weighted by molar-refractivity contribution is 7.22. The van der Waals surface area contributed by atoms with E-state index in [0.29, 0.717) is 36.5 Å². The first kappa shape index (κ1) is 26.7. The van der Waals surface area contributed by atoms with Gasteiger partial charge in [0.15, 0.2) is 10.9 Å². The summed E-state index contributed by atoms with van der Waals surface area (Å²) in [5.41, 5.74) is 6.51. The summed E-state index contributed by atoms with van der Waals surface area (Å²) in [4.78, 5) is 19.1. The predicted molar refractivity (Wildman–Crippen MR) is 153 cm³/mol. The molecule has 0 unspecified atom stereocenters. The molecule has 0 aliphatic carbocycles. The van der Waals surface area contributed by atoms with E-state index in [4.69, 9.17) is 28.6 Å². The standard InChI is InChI=1S/C27H27ClF2N8OS/c1-32-38-10-7-14(8-11-38)33-25-17-12-18(28)20(16-5-6-19(29)24-23(16)34-26(31)40-24)21(30)22(17)35-27(36-25)39-13-15-4-3-9-37(15)2/h5-6,12,14-15H,3-4,7-11,13H2,2H3,(H2,31,34)(H,33,35,36)/t15-/m0/s1. The second-order valence-corrected chi connectivity index (χ2v) is 11.6. The lowest BCUT2D eigenvalue weighted by Gasteiger charge is -2.26. The summed E-state index contributed by atoms with van der Waals surface area (Å²) in [5, 5.41) is 5.81. The van der Waals surface area contributed by atoms with Crippen LogP contribution in [0.3, 0.4) is 0 Å². The van der Waals surface area contributed by atoms with Crippen LogP contribution in [0, 0.1) is 18.2 Å². The van der Waals surface area contributed by atoms with E-state index in [1.807, 2.05) is 7.05 Å². The lowest BCUT2D eigenvalue weighted by molar-refractivity contribution is 0.188. The van der Waals surface area contributed by atoms with Crippen molar-refractivity contribution in [2.24, 2.45) is 0 Å². The fraction of sp³-hybridized carbons (Fsp3) is 0.407. The monoisotopic (exact) mass is 584 g/mol. The Bertz CT molecular complexity index is 1640. The summed E-state index contributed by atoms with van der Waals surface area (Å²) >= 11 is 7.69. The molecule has 3 N–H and O–H groups in total. The molecule has 2 aliphatic rings. The average molecular weight is 585 g/mol. The molecule has 0 bridgehead atoms. The van der Waals surface area contributed by atoms with Gasteiger partial charge in [0.1, 0.15) is 23.8 Å². The second-order valence-electron chi connectivity index (χ2n) is 10.2. The molecular formula is C27H27ClF2N8OS. The Morgan fingerprint density at radius 3 is 2.70 bits per heavy atom. The van der Waals surface area contributed by atoms with Gasteiger partial charge in [0.25, 0.3) is 0 Å². The number of hydrogen-bond acceptors (Lipinski definition) is 9. The molecule has 2 saturated heterocycles. The van der Waals surface area contributed by atoms with Crippen LogP contribution in [-0.2, 0) is 0 Å². The summed E-state index contributed by atoms with van der Waals surface area (Å²) < 4.78 is 37.2. The quantitative estimate of drug-likeness (QED) is 0.283. The highest BCUT2D eigenvalue weighted by Crippen LogP contribution is 2.42. The second kappa shape index (κ2) is 10.8. The third kappa shape index (κ3) is 4.93. The van der Waals surface area contributed by atoms with Crippen LogP contribution >= 0.6 is 22.9 Å². The van der Waals surface area contributed by atoms with E-state index >= 15 is 4.39 Å². The van der Waals surface area contributed by atoms with Gasteiger partial charge in [0.05, 0.1) is 28.3 Å². The SMILES string of the molecule is [C-]#[N+]N1CCC(Nc2nc(OC[C@@H]3CCCN3C)nc3c(F)c(-c4ccc(F)c5sc(N)nc45)c(Cl)cc23)CC1. The number of fused-ring (bicyclic) bond motifs is 2. The van der Waals surface area contributed by atoms with Crippen molar-refractivity contribution in [3.8, 4) is 17.1 Å². The molecule has 0 spiro atoms. The minimum Gasteiger partial charge on any atom is -0.462 e. The molecule has 4 aromatic rings. The first-order valence-electron chi connectivity index (χ1n) is 13.1. The van der Waals surface area contributed by atoms with Gasteiger partial charge in [-0.25, -0.2) is 13.8 Å². The molecule has 2 aromatic heterocycles. The van der Waals surface area contributed by atoms with E-state index in [-0.39, 0.29) is 49.5 Å². The molecule has 2 aliphatic heterocycles. The maximum absolute atomic E-state index is 16.4. The largest absolute Gasteiger partial charge is 0.462 e. The molecule has 13 heteroatoms. The van der Waals surface area contributed by atoms with Crippen molar-refractivity contribution >= 4 is 55.0 Å². The lowest BCUT2D eigenvalue weighted by Crippen LogP contribution is -2.35. The third-order valence-electron chi connectivity index (χ3n) is 7.67. The number of nitrogens with zero attached hydrogens (tertiary/aromatic N) is 6. The number of nitrogen functional groups attached to an aromatic ring is 1. The maximum atomic E-state index is 16.4. The molecule has 4 heterocycles. The number of likely N-dealkylation sites (tertiary alicyclic amines) is 1. The molecule has 0 saturated carbocycles. The highest BCUT2D eigenvalue weighted by atomic mass is 35.5. The zero-order valence-corrected chi connectivity index (χ0v) is 23.3. The Hall–Kier alpha value is -3.53. The molecular weight excluding hydrogens is 558 g/mol. The van der Waals surface area contributed by atoms with Crippen molar-refractivity contribution < 1.29 is 13.5 Å². The average Bonchev–Trinajstić information content (AvgIpc) is 3.55. The molecule has 40 heavy (non-hydrogen) atoms. The van der Waals surface area contributed by atoms with Crippen molar-refractivity contribution in [3.63, 3.8) is 0 Å². The van der Waals surface area contributed by atoms with Crippen molar-refractivity contribution in [2.45, 2.75) is 37.8 Å². The van der Waals surface area contributed by atoms with Crippen molar-refractivity contribution in [1.29, 1.82) is 0 Å². The van der Waals surface area contributed by atoms with Gasteiger partial charge in [-0.3, -0.25) is 0 Å². The predicted octanol–water partition coefficient (Wildman–Crippen LogP) is 5.60. The Morgan fingerprint density at radius 2 is 1.98 bits per heavy atom. The summed E-state index contributed by atoms with van der Waals surface area (Å²) in [6, 6.07) is 4.63. The van der Waals surface area contributed by atoms with Gasteiger partial charge < -0.3 is 20.7 Å². The van der Waals surface area contributed by atoms with E-state index in [0.717, 1.165) is 43.6 Å². The minimum atomic E-state index is -0.682. The fourth-order valence-corrected chi connectivity index (χ4v) is 6.51. The first-order valence-corrected chi connectivity index (χ1v) is 14.3. The summed E-state index contributed by atoms with van der Waals surface area (Å²) in [6.45, 7) is 9.87. The third-order valence-corrected chi connectivity index (χ3v) is 8.86. The molecule has 1 atom stereocenters. The Kier molecular flexibility index (Phi) is 7.20. The number of ether oxygens (including phenoxy) is 1. The van der Waals surface area contributed by atoms with Crippen LogP contribution in [0.5, 0.6) is 6.01 Å². The zero-order chi connectivity index (χ0) is 28.0. The van der Waals surface area contributed by atoms with Crippen LogP contribution < -0.4 is 15.8 Å². The van der Waals surface area contributed by atoms with Crippen LogP contribution in [0.1, 0.15) is 25.7 Å². The normalized spacial score (nSPS) is 18.5. The van der Waals surface area contributed by atoms with Crippen LogP contribution in [0.2, 0.25) is 5.02 Å². The molecule has 6 rings (SSSR count). The zero-order valence-electron chi connectivity index (χ0n) is 21.8. The van der Waals surface area contributed by atoms with Crippen molar-refractivity contribution in [3.05, 3.63) is 46.4 Å². The number of nitrogens with one attached hydrogen (secondary N) is 1. The van der Waals surface area contributed by atoms with Gasteiger partial charge in [-0.15, -0.1) is 5.01 Å². The van der Waals surface area contributed by atoms with E-state index in [9.17, 15) is 4.39 Å². The molecule has 2 aromatic carbocycles. The Labute approximate surface area is 238 Å². The van der Waals surface area contributed by atoms with Crippen LogP contribution in [0.4, 0.5) is 19.7 Å². The summed E-state index contributed by atoms with van der Waals surface area (Å²) in [6.07, 6.45) is 3.54. The van der Waals surface area contributed by atoms with Crippen LogP contribution in [0.15, 0.2) is 18.2 Å². The Morgan fingerprint density at radius 1 is 1.18 bits per heavy atom. The van der Waals surface area contributed by atoms with Gasteiger partial charge in [-0.05, 0) is 57.5 Å². The smallest absolute Gasteiger partial charge is 0.319 e. The van der Waals surface area contributed by atoms with E-state index in [2.05, 4.69) is 30.1 Å². The van der Waals surface area contributed by atoms with Gasteiger partial charge in [0.2, 0.25) is 0 Å². The van der Waals surface area contributed by atoms with E-state index < -0.39 is 11.6 Å². The Balaban J connectivity index is 1.45. The number of anilines is 2. The summed E-state index contributed by atoms with van der Waals surface area (Å²) in [5.74, 6) is -0.760. The van der Waals surface area contributed by atoms with Gasteiger partial charge in [-0.2, -0.15) is 21.5 Å². The van der Waals surface area contributed by atoms with Crippen LogP contribution in [-0.4, -0.2) is 70.2 Å². The van der Waals surface area contributed by atoms with Crippen molar-refractivity contribution in [1.82, 2.24) is 24.9 Å². The number of thiazole rings is 1. The molecule has 2 fully saturated rings. The van der Waals surface area contributed by atoms with Gasteiger partial charge in [0, 0.05) is 28.6 Å². The molecule has 0 radical (unpaired) electrons. The number of rotatable bonds is 6. The number of halogens is 3. The molecule has 0 amide bonds. The van der Waals surface area contributed by atoms with Crippen LogP contribution in [0.25, 0.3) is 37.2 Å². The molecule has 9 nitrogen and oxygen atoms in total. The lowest BCUT2D eigenvalue weighted by atomic mass is 10.0. The van der Waals surface area contributed by atoms with Crippen molar-refractivity contribution in [2.75, 3.05) is 44.3 Å². The number of likely N-dealkylation sites (N-methyl/N-ethyl adjacent to an activating group) is 1. The topological polar surface area (TPSA) is 96.8 Å². The van der Waals surface area contributed by atoms with E-state index in [1.165, 1.54) is 12.1 Å². The number of piperidine rings is 1. The maximum Gasteiger partial charge on any atom is 0.319 e. The first-order chi connectivity index (χ1) is 19.3. The molecule has 208 valence electrons. The number of nitrogens with two attached hydrogens (primary N) is 1. The van der Waals surface area contributed by atoms with Gasteiger partial charge >= 0.3 is 6.01 Å². The van der Waals surface area contributed by atoms with E-state index in [1.54, 1.807) is 11.1 Å². The summed E-state index contributed by atoms with van der Waals surface area (Å²) in [7, 11) is 2.05. The number of aromatic nitrogens is 3.